The molecule has 3 rings (SSSR count). The maximum absolute atomic E-state index is 11.7. The molecule has 1 atom stereocenters. The van der Waals surface area contributed by atoms with Crippen molar-refractivity contribution in [1.29, 1.82) is 0 Å². The third kappa shape index (κ3) is 3.79. The lowest BCUT2D eigenvalue weighted by Crippen LogP contribution is -2.24. The van der Waals surface area contributed by atoms with Gasteiger partial charge in [0.1, 0.15) is 0 Å². The molecule has 0 saturated heterocycles. The van der Waals surface area contributed by atoms with Crippen molar-refractivity contribution in [2.24, 2.45) is 0 Å². The molecule has 2 aromatic rings. The van der Waals surface area contributed by atoms with Crippen LogP contribution < -0.4 is 5.32 Å². The number of hydrogen-bond donors (Lipinski definition) is 1. The second-order valence-corrected chi connectivity index (χ2v) is 9.10. The van der Waals surface area contributed by atoms with E-state index in [1.54, 1.807) is 6.07 Å². The molecule has 1 unspecified atom stereocenters. The maximum Gasteiger partial charge on any atom is 0.175 e. The van der Waals surface area contributed by atoms with Gasteiger partial charge in [-0.1, -0.05) is 30.3 Å². The van der Waals surface area contributed by atoms with Crippen LogP contribution in [0.1, 0.15) is 29.2 Å². The summed E-state index contributed by atoms with van der Waals surface area (Å²) in [6.07, 6.45) is 2.37. The standard InChI is InChI=1S/C18H21NO2S2/c1-13-11-14(7-8-18(13)23(2,20)21)12-19-16-9-10-22-17-6-4-3-5-15(16)17/h3-8,11,16,19H,9-10,12H2,1-2H3. The number of hydrogen-bond acceptors (Lipinski definition) is 4. The molecule has 1 N–H and O–H groups in total. The van der Waals surface area contributed by atoms with Crippen molar-refractivity contribution in [2.45, 2.75) is 35.7 Å². The average molecular weight is 348 g/mol. The quantitative estimate of drug-likeness (QED) is 0.915. The first kappa shape index (κ1) is 16.6. The largest absolute Gasteiger partial charge is 0.306 e. The van der Waals surface area contributed by atoms with Crippen molar-refractivity contribution < 1.29 is 8.42 Å². The first-order valence-corrected chi connectivity index (χ1v) is 10.6. The van der Waals surface area contributed by atoms with E-state index in [9.17, 15) is 8.42 Å². The second kappa shape index (κ2) is 6.67. The van der Waals surface area contributed by atoms with Gasteiger partial charge in [0.05, 0.1) is 4.90 Å². The predicted octanol–water partition coefficient (Wildman–Crippen LogP) is 3.73. The molecule has 0 amide bonds. The Morgan fingerprint density at radius 2 is 2.00 bits per heavy atom. The highest BCUT2D eigenvalue weighted by molar-refractivity contribution is 7.99. The molecule has 1 heterocycles. The molecular weight excluding hydrogens is 326 g/mol. The highest BCUT2D eigenvalue weighted by atomic mass is 32.2. The molecule has 0 spiro atoms. The maximum atomic E-state index is 11.7. The van der Waals surface area contributed by atoms with Crippen LogP contribution in [0.4, 0.5) is 0 Å². The van der Waals surface area contributed by atoms with E-state index >= 15 is 0 Å². The van der Waals surface area contributed by atoms with Crippen LogP contribution in [0.15, 0.2) is 52.3 Å². The zero-order chi connectivity index (χ0) is 16.4. The molecule has 0 bridgehead atoms. The van der Waals surface area contributed by atoms with Gasteiger partial charge >= 0.3 is 0 Å². The van der Waals surface area contributed by atoms with Crippen LogP contribution in [0.5, 0.6) is 0 Å². The minimum Gasteiger partial charge on any atom is -0.306 e. The van der Waals surface area contributed by atoms with Crippen molar-refractivity contribution in [3.05, 3.63) is 59.2 Å². The van der Waals surface area contributed by atoms with Crippen molar-refractivity contribution in [3.8, 4) is 0 Å². The van der Waals surface area contributed by atoms with Crippen LogP contribution in [0.3, 0.4) is 0 Å². The summed E-state index contributed by atoms with van der Waals surface area (Å²) in [7, 11) is -3.15. The van der Waals surface area contributed by atoms with Gasteiger partial charge < -0.3 is 5.32 Å². The summed E-state index contributed by atoms with van der Waals surface area (Å²) >= 11 is 1.91. The molecule has 0 radical (unpaired) electrons. The Hall–Kier alpha value is -1.30. The van der Waals surface area contributed by atoms with Gasteiger partial charge in [0.2, 0.25) is 0 Å². The monoisotopic (exact) mass is 347 g/mol. The summed E-state index contributed by atoms with van der Waals surface area (Å²) in [6.45, 7) is 2.60. The van der Waals surface area contributed by atoms with E-state index in [0.717, 1.165) is 29.8 Å². The zero-order valence-corrected chi connectivity index (χ0v) is 15.0. The topological polar surface area (TPSA) is 46.2 Å². The van der Waals surface area contributed by atoms with Crippen molar-refractivity contribution >= 4 is 21.6 Å². The van der Waals surface area contributed by atoms with Crippen LogP contribution in [0.25, 0.3) is 0 Å². The minimum absolute atomic E-state index is 0.363. The molecule has 1 aliphatic rings. The third-order valence-corrected chi connectivity index (χ3v) is 6.53. The molecule has 23 heavy (non-hydrogen) atoms. The van der Waals surface area contributed by atoms with Gasteiger partial charge in [-0.3, -0.25) is 0 Å². The molecule has 122 valence electrons. The fourth-order valence-corrected chi connectivity index (χ4v) is 5.12. The van der Waals surface area contributed by atoms with E-state index < -0.39 is 9.84 Å². The zero-order valence-electron chi connectivity index (χ0n) is 13.4. The van der Waals surface area contributed by atoms with E-state index in [1.165, 1.54) is 16.7 Å². The van der Waals surface area contributed by atoms with Crippen molar-refractivity contribution in [3.63, 3.8) is 0 Å². The van der Waals surface area contributed by atoms with Gasteiger partial charge in [0.25, 0.3) is 0 Å². The summed E-state index contributed by atoms with van der Waals surface area (Å²) in [5, 5.41) is 3.62. The van der Waals surface area contributed by atoms with E-state index in [4.69, 9.17) is 0 Å². The number of thioether (sulfide) groups is 1. The van der Waals surface area contributed by atoms with Crippen LogP contribution in [0.2, 0.25) is 0 Å². The Kier molecular flexibility index (Phi) is 4.80. The lowest BCUT2D eigenvalue weighted by molar-refractivity contribution is 0.510. The fourth-order valence-electron chi connectivity index (χ4n) is 3.03. The summed E-state index contributed by atoms with van der Waals surface area (Å²) < 4.78 is 23.4. The number of nitrogens with one attached hydrogen (secondary N) is 1. The molecule has 5 heteroatoms. The van der Waals surface area contributed by atoms with E-state index in [2.05, 4.69) is 29.6 Å². The van der Waals surface area contributed by atoms with E-state index in [-0.39, 0.29) is 0 Å². The van der Waals surface area contributed by atoms with Gasteiger partial charge in [-0.25, -0.2) is 8.42 Å². The summed E-state index contributed by atoms with van der Waals surface area (Å²) in [6, 6.07) is 14.5. The Bertz CT molecular complexity index is 816. The summed E-state index contributed by atoms with van der Waals surface area (Å²) in [4.78, 5) is 1.78. The Morgan fingerprint density at radius 3 is 2.74 bits per heavy atom. The Balaban J connectivity index is 1.74. The van der Waals surface area contributed by atoms with Crippen molar-refractivity contribution in [1.82, 2.24) is 5.32 Å². The predicted molar refractivity (Wildman–Crippen MR) is 95.7 cm³/mol. The SMILES string of the molecule is Cc1cc(CNC2CCSc3ccccc32)ccc1S(C)(=O)=O. The average Bonchev–Trinajstić information content (AvgIpc) is 2.51. The molecule has 2 aromatic carbocycles. The third-order valence-electron chi connectivity index (χ3n) is 4.15. The minimum atomic E-state index is -3.15. The molecule has 0 saturated carbocycles. The Morgan fingerprint density at radius 1 is 1.22 bits per heavy atom. The fraction of sp³-hybridized carbons (Fsp3) is 0.333. The molecule has 3 nitrogen and oxygen atoms in total. The number of aryl methyl sites for hydroxylation is 1. The van der Waals surface area contributed by atoms with Gasteiger partial charge in [-0.2, -0.15) is 0 Å². The highest BCUT2D eigenvalue weighted by Crippen LogP contribution is 2.35. The molecule has 0 aliphatic carbocycles. The lowest BCUT2D eigenvalue weighted by atomic mass is 10.0. The van der Waals surface area contributed by atoms with Crippen molar-refractivity contribution in [2.75, 3.05) is 12.0 Å². The van der Waals surface area contributed by atoms with E-state index in [0.29, 0.717) is 10.9 Å². The normalized spacial score (nSPS) is 17.7. The lowest BCUT2D eigenvalue weighted by Gasteiger charge is -2.26. The van der Waals surface area contributed by atoms with Gasteiger partial charge in [-0.15, -0.1) is 11.8 Å². The Labute approximate surface area is 142 Å². The van der Waals surface area contributed by atoms with Crippen LogP contribution in [-0.4, -0.2) is 20.4 Å². The summed E-state index contributed by atoms with van der Waals surface area (Å²) in [5.41, 5.74) is 3.30. The number of rotatable bonds is 4. The van der Waals surface area contributed by atoms with Crippen LogP contribution in [0, 0.1) is 6.92 Å². The molecule has 1 aliphatic heterocycles. The van der Waals surface area contributed by atoms with Gasteiger partial charge in [-0.05, 0) is 47.9 Å². The van der Waals surface area contributed by atoms with Gasteiger partial charge in [0.15, 0.2) is 9.84 Å². The number of sulfone groups is 1. The van der Waals surface area contributed by atoms with Crippen LogP contribution >= 0.6 is 11.8 Å². The smallest absolute Gasteiger partial charge is 0.175 e. The molecule has 0 aromatic heterocycles. The molecule has 0 fully saturated rings. The van der Waals surface area contributed by atoms with E-state index in [1.807, 2.05) is 30.8 Å². The number of benzene rings is 2. The summed E-state index contributed by atoms with van der Waals surface area (Å²) in [5.74, 6) is 1.13. The molecular formula is C18H21NO2S2. The van der Waals surface area contributed by atoms with Crippen LogP contribution in [-0.2, 0) is 16.4 Å². The highest BCUT2D eigenvalue weighted by Gasteiger charge is 2.19. The first-order valence-electron chi connectivity index (χ1n) is 7.70. The second-order valence-electron chi connectivity index (χ2n) is 5.98. The van der Waals surface area contributed by atoms with Gasteiger partial charge in [0, 0.05) is 23.7 Å². The number of fused-ring (bicyclic) bond motifs is 1. The first-order chi connectivity index (χ1) is 10.9.